The number of rotatable bonds is 7. The molecule has 144 valence electrons. The highest BCUT2D eigenvalue weighted by Crippen LogP contribution is 2.24. The summed E-state index contributed by atoms with van der Waals surface area (Å²) in [6, 6.07) is 12.8. The lowest BCUT2D eigenvalue weighted by Crippen LogP contribution is -2.36. The number of nitrogens with one attached hydrogen (secondary N) is 1. The molecule has 27 heavy (non-hydrogen) atoms. The molecule has 1 amide bonds. The van der Waals surface area contributed by atoms with Crippen molar-refractivity contribution in [3.63, 3.8) is 0 Å². The van der Waals surface area contributed by atoms with E-state index < -0.39 is 20.7 Å². The van der Waals surface area contributed by atoms with Crippen LogP contribution in [0.5, 0.6) is 0 Å². The summed E-state index contributed by atoms with van der Waals surface area (Å²) in [6.07, 6.45) is 1.50. The van der Waals surface area contributed by atoms with Crippen LogP contribution in [0.4, 0.5) is 4.39 Å². The van der Waals surface area contributed by atoms with E-state index in [1.165, 1.54) is 6.07 Å². The molecule has 2 aromatic carbocycles. The summed E-state index contributed by atoms with van der Waals surface area (Å²) in [5.74, 6) is -1.20. The van der Waals surface area contributed by atoms with Gasteiger partial charge in [-0.3, -0.25) is 4.79 Å². The Bertz CT molecular complexity index is 925. The van der Waals surface area contributed by atoms with Crippen LogP contribution in [0, 0.1) is 5.82 Å². The molecule has 0 spiro atoms. The first-order valence-electron chi connectivity index (χ1n) is 8.94. The van der Waals surface area contributed by atoms with Gasteiger partial charge in [0.25, 0.3) is 5.91 Å². The highest BCUT2D eigenvalue weighted by molar-refractivity contribution is 7.89. The number of nitrogens with zero attached hydrogens (tertiary/aromatic N) is 1. The molecule has 7 heteroatoms. The monoisotopic (exact) mass is 390 g/mol. The molecule has 0 bridgehead atoms. The first-order valence-corrected chi connectivity index (χ1v) is 10.4. The van der Waals surface area contributed by atoms with Crippen molar-refractivity contribution in [1.29, 1.82) is 0 Å². The number of halogens is 1. The van der Waals surface area contributed by atoms with E-state index in [9.17, 15) is 17.6 Å². The van der Waals surface area contributed by atoms with Crippen LogP contribution < -0.4 is 4.72 Å². The van der Waals surface area contributed by atoms with Crippen LogP contribution in [0.3, 0.4) is 0 Å². The molecule has 1 aliphatic carbocycles. The fourth-order valence-electron chi connectivity index (χ4n) is 2.76. The maximum Gasteiger partial charge on any atom is 0.254 e. The van der Waals surface area contributed by atoms with Gasteiger partial charge < -0.3 is 4.90 Å². The Labute approximate surface area is 159 Å². The lowest BCUT2D eigenvalue weighted by Gasteiger charge is -2.27. The van der Waals surface area contributed by atoms with E-state index in [1.54, 1.807) is 4.90 Å². The predicted octanol–water partition coefficient (Wildman–Crippen LogP) is 3.32. The van der Waals surface area contributed by atoms with Gasteiger partial charge in [-0.15, -0.1) is 0 Å². The maximum absolute atomic E-state index is 14.2. The van der Waals surface area contributed by atoms with Crippen molar-refractivity contribution >= 4 is 15.9 Å². The van der Waals surface area contributed by atoms with Crippen molar-refractivity contribution in [2.24, 2.45) is 0 Å². The zero-order valence-corrected chi connectivity index (χ0v) is 16.2. The van der Waals surface area contributed by atoms with Gasteiger partial charge in [0.15, 0.2) is 0 Å². The molecule has 5 nitrogen and oxygen atoms in total. The third kappa shape index (κ3) is 4.73. The standard InChI is InChI=1S/C20H23FN2O3S/c1-14(2)23(13-15-6-4-3-5-7-15)20(24)16-8-11-18(21)19(12-16)27(25,26)22-17-9-10-17/h3-8,11-12,14,17,22H,9-10,13H2,1-2H3. The highest BCUT2D eigenvalue weighted by Gasteiger charge is 2.30. The minimum atomic E-state index is -3.98. The second-order valence-corrected chi connectivity index (χ2v) is 8.74. The highest BCUT2D eigenvalue weighted by atomic mass is 32.2. The van der Waals surface area contributed by atoms with E-state index in [-0.39, 0.29) is 23.6 Å². The molecule has 0 atom stereocenters. The molecule has 0 heterocycles. The van der Waals surface area contributed by atoms with Gasteiger partial charge in [0.05, 0.1) is 0 Å². The summed E-state index contributed by atoms with van der Waals surface area (Å²) in [4.78, 5) is 14.2. The Morgan fingerprint density at radius 2 is 1.85 bits per heavy atom. The topological polar surface area (TPSA) is 66.5 Å². The number of carbonyl (C=O) groups excluding carboxylic acids is 1. The van der Waals surface area contributed by atoms with Crippen LogP contribution in [-0.4, -0.2) is 31.3 Å². The molecular formula is C20H23FN2O3S. The Morgan fingerprint density at radius 3 is 2.44 bits per heavy atom. The lowest BCUT2D eigenvalue weighted by molar-refractivity contribution is 0.0690. The molecule has 1 fully saturated rings. The first kappa shape index (κ1) is 19.5. The fourth-order valence-corrected chi connectivity index (χ4v) is 4.17. The number of amides is 1. The number of hydrogen-bond donors (Lipinski definition) is 1. The van der Waals surface area contributed by atoms with Crippen molar-refractivity contribution in [2.45, 2.75) is 50.2 Å². The number of benzene rings is 2. The largest absolute Gasteiger partial charge is 0.332 e. The van der Waals surface area contributed by atoms with Gasteiger partial charge in [0, 0.05) is 24.2 Å². The molecule has 1 N–H and O–H groups in total. The van der Waals surface area contributed by atoms with Crippen molar-refractivity contribution in [3.05, 3.63) is 65.5 Å². The number of sulfonamides is 1. The quantitative estimate of drug-likeness (QED) is 0.789. The third-order valence-electron chi connectivity index (χ3n) is 4.45. The minimum absolute atomic E-state index is 0.104. The van der Waals surface area contributed by atoms with Crippen molar-refractivity contribution in [3.8, 4) is 0 Å². The van der Waals surface area contributed by atoms with E-state index >= 15 is 0 Å². The van der Waals surface area contributed by atoms with Crippen LogP contribution in [0.15, 0.2) is 53.4 Å². The molecule has 0 saturated heterocycles. The normalized spacial score (nSPS) is 14.4. The average molecular weight is 390 g/mol. The molecule has 2 aromatic rings. The van der Waals surface area contributed by atoms with E-state index in [2.05, 4.69) is 4.72 Å². The fraction of sp³-hybridized carbons (Fsp3) is 0.350. The third-order valence-corrected chi connectivity index (χ3v) is 5.98. The summed E-state index contributed by atoms with van der Waals surface area (Å²) in [5, 5.41) is 0. The van der Waals surface area contributed by atoms with Gasteiger partial charge in [-0.1, -0.05) is 30.3 Å². The van der Waals surface area contributed by atoms with Gasteiger partial charge in [0.2, 0.25) is 10.0 Å². The Balaban J connectivity index is 1.89. The van der Waals surface area contributed by atoms with Crippen LogP contribution in [-0.2, 0) is 16.6 Å². The summed E-state index contributed by atoms with van der Waals surface area (Å²) in [5.41, 5.74) is 1.11. The van der Waals surface area contributed by atoms with Crippen LogP contribution in [0.2, 0.25) is 0 Å². The Kier molecular flexibility index (Phi) is 5.62. The van der Waals surface area contributed by atoms with Gasteiger partial charge in [0.1, 0.15) is 10.7 Å². The molecule has 0 aliphatic heterocycles. The SMILES string of the molecule is CC(C)N(Cc1ccccc1)C(=O)c1ccc(F)c(S(=O)(=O)NC2CC2)c1. The predicted molar refractivity (Wildman–Crippen MR) is 101 cm³/mol. The summed E-state index contributed by atoms with van der Waals surface area (Å²) in [6.45, 7) is 4.16. The van der Waals surface area contributed by atoms with Crippen molar-refractivity contribution < 1.29 is 17.6 Å². The van der Waals surface area contributed by atoms with Crippen LogP contribution >= 0.6 is 0 Å². The molecule has 0 unspecified atom stereocenters. The summed E-state index contributed by atoms with van der Waals surface area (Å²) >= 11 is 0. The molecule has 1 aliphatic rings. The minimum Gasteiger partial charge on any atom is -0.332 e. The number of hydrogen-bond acceptors (Lipinski definition) is 3. The molecule has 3 rings (SSSR count). The van der Waals surface area contributed by atoms with Crippen LogP contribution in [0.1, 0.15) is 42.6 Å². The molecule has 0 aromatic heterocycles. The van der Waals surface area contributed by atoms with Gasteiger partial charge >= 0.3 is 0 Å². The van der Waals surface area contributed by atoms with E-state index in [0.29, 0.717) is 6.54 Å². The van der Waals surface area contributed by atoms with E-state index in [1.807, 2.05) is 44.2 Å². The van der Waals surface area contributed by atoms with Gasteiger partial charge in [-0.2, -0.15) is 0 Å². The Hall–Kier alpha value is -2.25. The summed E-state index contributed by atoms with van der Waals surface area (Å²) in [7, 11) is -3.98. The van der Waals surface area contributed by atoms with E-state index in [4.69, 9.17) is 0 Å². The second-order valence-electron chi connectivity index (χ2n) is 7.05. The number of carbonyl (C=O) groups is 1. The Morgan fingerprint density at radius 1 is 1.19 bits per heavy atom. The maximum atomic E-state index is 14.2. The molecule has 1 saturated carbocycles. The average Bonchev–Trinajstić information content (AvgIpc) is 3.43. The second kappa shape index (κ2) is 7.78. The molecular weight excluding hydrogens is 367 g/mol. The first-order chi connectivity index (χ1) is 12.8. The summed E-state index contributed by atoms with van der Waals surface area (Å²) < 4.78 is 41.4. The van der Waals surface area contributed by atoms with Gasteiger partial charge in [-0.25, -0.2) is 17.5 Å². The van der Waals surface area contributed by atoms with E-state index in [0.717, 1.165) is 30.5 Å². The molecule has 0 radical (unpaired) electrons. The van der Waals surface area contributed by atoms with Crippen LogP contribution in [0.25, 0.3) is 0 Å². The van der Waals surface area contributed by atoms with Gasteiger partial charge in [-0.05, 0) is 50.5 Å². The van der Waals surface area contributed by atoms with Crippen molar-refractivity contribution in [1.82, 2.24) is 9.62 Å². The lowest BCUT2D eigenvalue weighted by atomic mass is 10.1. The smallest absolute Gasteiger partial charge is 0.254 e. The van der Waals surface area contributed by atoms with Crippen molar-refractivity contribution in [2.75, 3.05) is 0 Å². The zero-order chi connectivity index (χ0) is 19.6. The zero-order valence-electron chi connectivity index (χ0n) is 15.4.